The highest BCUT2D eigenvalue weighted by molar-refractivity contribution is 5.91. The van der Waals surface area contributed by atoms with Crippen molar-refractivity contribution in [1.82, 2.24) is 0 Å². The van der Waals surface area contributed by atoms with Crippen molar-refractivity contribution < 1.29 is 5.11 Å². The third-order valence-electron chi connectivity index (χ3n) is 3.91. The number of benzene rings is 4. The lowest BCUT2D eigenvalue weighted by Gasteiger charge is -2.06. The number of aromatic hydroxyl groups is 1. The minimum Gasteiger partial charge on any atom is -0.508 e. The lowest BCUT2D eigenvalue weighted by Crippen LogP contribution is -1.80. The molecule has 0 unspecified atom stereocenters. The van der Waals surface area contributed by atoms with Gasteiger partial charge in [-0.3, -0.25) is 0 Å². The van der Waals surface area contributed by atoms with Gasteiger partial charge < -0.3 is 5.11 Å². The van der Waals surface area contributed by atoms with Gasteiger partial charge in [0.05, 0.1) is 0 Å². The first kappa shape index (κ1) is 12.0. The monoisotopic (exact) mass is 270 g/mol. The standard InChI is InChI=1S/C20H14O/c21-20-10-9-15-6-8-18(12-19(15)13-20)17-7-5-14-3-1-2-4-16(14)11-17/h1-13,21H. The summed E-state index contributed by atoms with van der Waals surface area (Å²) in [5.41, 5.74) is 2.36. The second kappa shape index (κ2) is 4.64. The molecule has 0 aromatic heterocycles. The van der Waals surface area contributed by atoms with Crippen LogP contribution >= 0.6 is 0 Å². The molecule has 0 saturated carbocycles. The predicted molar refractivity (Wildman–Crippen MR) is 88.6 cm³/mol. The normalized spacial score (nSPS) is 11.0. The molecule has 0 spiro atoms. The fourth-order valence-electron chi connectivity index (χ4n) is 2.78. The Balaban J connectivity index is 1.90. The molecule has 0 atom stereocenters. The topological polar surface area (TPSA) is 20.2 Å². The van der Waals surface area contributed by atoms with E-state index in [0.29, 0.717) is 5.75 Å². The Kier molecular flexibility index (Phi) is 2.65. The summed E-state index contributed by atoms with van der Waals surface area (Å²) in [6.07, 6.45) is 0. The number of phenols is 1. The quantitative estimate of drug-likeness (QED) is 0.493. The van der Waals surface area contributed by atoms with E-state index in [4.69, 9.17) is 0 Å². The zero-order valence-electron chi connectivity index (χ0n) is 11.5. The van der Waals surface area contributed by atoms with Crippen LogP contribution in [0.3, 0.4) is 0 Å². The summed E-state index contributed by atoms with van der Waals surface area (Å²) in [4.78, 5) is 0. The van der Waals surface area contributed by atoms with Gasteiger partial charge in [-0.1, -0.05) is 54.6 Å². The number of fused-ring (bicyclic) bond motifs is 2. The summed E-state index contributed by atoms with van der Waals surface area (Å²) in [6, 6.07) is 26.7. The third kappa shape index (κ3) is 2.13. The molecule has 0 aliphatic heterocycles. The van der Waals surface area contributed by atoms with Crippen LogP contribution in [-0.4, -0.2) is 5.11 Å². The number of rotatable bonds is 1. The van der Waals surface area contributed by atoms with Crippen molar-refractivity contribution in [1.29, 1.82) is 0 Å². The minimum absolute atomic E-state index is 0.304. The molecule has 0 fully saturated rings. The highest BCUT2D eigenvalue weighted by atomic mass is 16.3. The molecule has 1 heteroatoms. The van der Waals surface area contributed by atoms with Gasteiger partial charge in [0.25, 0.3) is 0 Å². The van der Waals surface area contributed by atoms with Gasteiger partial charge in [-0.2, -0.15) is 0 Å². The summed E-state index contributed by atoms with van der Waals surface area (Å²) >= 11 is 0. The first-order valence-corrected chi connectivity index (χ1v) is 7.02. The van der Waals surface area contributed by atoms with E-state index in [9.17, 15) is 5.11 Å². The summed E-state index contributed by atoms with van der Waals surface area (Å²) in [6.45, 7) is 0. The maximum atomic E-state index is 9.63. The van der Waals surface area contributed by atoms with E-state index < -0.39 is 0 Å². The van der Waals surface area contributed by atoms with Crippen LogP contribution in [-0.2, 0) is 0 Å². The molecule has 0 heterocycles. The van der Waals surface area contributed by atoms with E-state index in [1.165, 1.54) is 21.9 Å². The van der Waals surface area contributed by atoms with Crippen molar-refractivity contribution >= 4 is 21.5 Å². The lowest BCUT2D eigenvalue weighted by molar-refractivity contribution is 0.476. The molecule has 0 aliphatic carbocycles. The summed E-state index contributed by atoms with van der Waals surface area (Å²) in [5, 5.41) is 14.3. The molecule has 21 heavy (non-hydrogen) atoms. The van der Waals surface area contributed by atoms with Crippen molar-refractivity contribution in [3.8, 4) is 16.9 Å². The molecule has 4 rings (SSSR count). The fourth-order valence-corrected chi connectivity index (χ4v) is 2.78. The first-order chi connectivity index (χ1) is 10.3. The maximum Gasteiger partial charge on any atom is 0.116 e. The molecule has 0 radical (unpaired) electrons. The van der Waals surface area contributed by atoms with Crippen molar-refractivity contribution in [3.05, 3.63) is 78.9 Å². The van der Waals surface area contributed by atoms with Gasteiger partial charge in [0, 0.05) is 0 Å². The van der Waals surface area contributed by atoms with Crippen molar-refractivity contribution in [2.24, 2.45) is 0 Å². The second-order valence-corrected chi connectivity index (χ2v) is 5.31. The highest BCUT2D eigenvalue weighted by Gasteiger charge is 2.02. The Hall–Kier alpha value is -2.80. The van der Waals surface area contributed by atoms with Crippen LogP contribution in [0.1, 0.15) is 0 Å². The SMILES string of the molecule is Oc1ccc2ccc(-c3ccc4ccccc4c3)cc2c1. The van der Waals surface area contributed by atoms with Crippen LogP contribution in [0, 0.1) is 0 Å². The molecule has 4 aromatic rings. The van der Waals surface area contributed by atoms with Crippen molar-refractivity contribution in [3.63, 3.8) is 0 Å². The van der Waals surface area contributed by atoms with Gasteiger partial charge in [0.1, 0.15) is 5.75 Å². The molecule has 0 amide bonds. The maximum absolute atomic E-state index is 9.63. The Labute approximate surface area is 123 Å². The molecule has 0 aliphatic rings. The van der Waals surface area contributed by atoms with Crippen LogP contribution in [0.2, 0.25) is 0 Å². The van der Waals surface area contributed by atoms with Crippen LogP contribution in [0.25, 0.3) is 32.7 Å². The number of hydrogen-bond acceptors (Lipinski definition) is 1. The average molecular weight is 270 g/mol. The Morgan fingerprint density at radius 3 is 1.81 bits per heavy atom. The highest BCUT2D eigenvalue weighted by Crippen LogP contribution is 2.28. The first-order valence-electron chi connectivity index (χ1n) is 7.02. The molecular weight excluding hydrogens is 256 g/mol. The van der Waals surface area contributed by atoms with Crippen molar-refractivity contribution in [2.45, 2.75) is 0 Å². The van der Waals surface area contributed by atoms with Gasteiger partial charge in [0.2, 0.25) is 0 Å². The largest absolute Gasteiger partial charge is 0.508 e. The van der Waals surface area contributed by atoms with E-state index in [1.54, 1.807) is 12.1 Å². The molecule has 0 saturated heterocycles. The van der Waals surface area contributed by atoms with Gasteiger partial charge in [0.15, 0.2) is 0 Å². The molecule has 0 bridgehead atoms. The second-order valence-electron chi connectivity index (χ2n) is 5.31. The molecular formula is C20H14O. The van der Waals surface area contributed by atoms with E-state index in [0.717, 1.165) is 10.8 Å². The van der Waals surface area contributed by atoms with Crippen LogP contribution in [0.4, 0.5) is 0 Å². The zero-order valence-corrected chi connectivity index (χ0v) is 11.5. The summed E-state index contributed by atoms with van der Waals surface area (Å²) in [7, 11) is 0. The van der Waals surface area contributed by atoms with E-state index in [1.807, 2.05) is 6.07 Å². The van der Waals surface area contributed by atoms with Gasteiger partial charge in [-0.15, -0.1) is 0 Å². The predicted octanol–water partition coefficient (Wildman–Crippen LogP) is 5.37. The van der Waals surface area contributed by atoms with E-state index in [-0.39, 0.29) is 0 Å². The molecule has 1 nitrogen and oxygen atoms in total. The number of hydrogen-bond donors (Lipinski definition) is 1. The van der Waals surface area contributed by atoms with Gasteiger partial charge >= 0.3 is 0 Å². The van der Waals surface area contributed by atoms with Crippen molar-refractivity contribution in [2.75, 3.05) is 0 Å². The fraction of sp³-hybridized carbons (Fsp3) is 0. The molecule has 100 valence electrons. The minimum atomic E-state index is 0.304. The number of phenolic OH excluding ortho intramolecular Hbond substituents is 1. The molecule has 4 aromatic carbocycles. The summed E-state index contributed by atoms with van der Waals surface area (Å²) in [5.74, 6) is 0.304. The molecule has 1 N–H and O–H groups in total. The van der Waals surface area contributed by atoms with Crippen LogP contribution in [0.5, 0.6) is 5.75 Å². The smallest absolute Gasteiger partial charge is 0.116 e. The lowest BCUT2D eigenvalue weighted by atomic mass is 9.98. The van der Waals surface area contributed by atoms with Gasteiger partial charge in [-0.25, -0.2) is 0 Å². The van der Waals surface area contributed by atoms with Gasteiger partial charge in [-0.05, 0) is 56.9 Å². The Morgan fingerprint density at radius 1 is 0.476 bits per heavy atom. The zero-order chi connectivity index (χ0) is 14.2. The average Bonchev–Trinajstić information content (AvgIpc) is 2.53. The Morgan fingerprint density at radius 2 is 1.05 bits per heavy atom. The Bertz CT molecular complexity index is 954. The third-order valence-corrected chi connectivity index (χ3v) is 3.91. The summed E-state index contributed by atoms with van der Waals surface area (Å²) < 4.78 is 0. The van der Waals surface area contributed by atoms with Crippen LogP contribution in [0.15, 0.2) is 78.9 Å². The van der Waals surface area contributed by atoms with E-state index in [2.05, 4.69) is 60.7 Å². The van der Waals surface area contributed by atoms with E-state index >= 15 is 0 Å². The van der Waals surface area contributed by atoms with Crippen LogP contribution < -0.4 is 0 Å².